The molecule has 2 aliphatic heterocycles. The molecular formula is C13H18BrN3. The van der Waals surface area contributed by atoms with Crippen molar-refractivity contribution in [2.45, 2.75) is 32.0 Å². The van der Waals surface area contributed by atoms with Crippen LogP contribution < -0.4 is 16.0 Å². The molecule has 0 aliphatic carbocycles. The van der Waals surface area contributed by atoms with Crippen LogP contribution in [0.1, 0.15) is 20.3 Å². The molecule has 3 nitrogen and oxygen atoms in total. The number of hydrogen-bond acceptors (Lipinski definition) is 3. The van der Waals surface area contributed by atoms with Crippen molar-refractivity contribution < 1.29 is 0 Å². The van der Waals surface area contributed by atoms with Crippen LogP contribution in [0.3, 0.4) is 0 Å². The molecule has 0 saturated carbocycles. The molecule has 0 amide bonds. The summed E-state index contributed by atoms with van der Waals surface area (Å²) in [6.45, 7) is 5.65. The summed E-state index contributed by atoms with van der Waals surface area (Å²) in [7, 11) is 0. The van der Waals surface area contributed by atoms with Gasteiger partial charge in [0.2, 0.25) is 0 Å². The highest BCUT2D eigenvalue weighted by Crippen LogP contribution is 2.39. The summed E-state index contributed by atoms with van der Waals surface area (Å²) >= 11 is 3.51. The Morgan fingerprint density at radius 1 is 1.29 bits per heavy atom. The lowest BCUT2D eigenvalue weighted by Crippen LogP contribution is -2.54. The molecule has 17 heavy (non-hydrogen) atoms. The Balaban J connectivity index is 1.84. The van der Waals surface area contributed by atoms with Gasteiger partial charge in [-0.15, -0.1) is 0 Å². The smallest absolute Gasteiger partial charge is 0.121 e. The lowest BCUT2D eigenvalue weighted by Gasteiger charge is -2.33. The number of hydrogen-bond donors (Lipinski definition) is 3. The van der Waals surface area contributed by atoms with Crippen LogP contribution >= 0.6 is 15.9 Å². The van der Waals surface area contributed by atoms with Crippen LogP contribution in [0.25, 0.3) is 0 Å². The summed E-state index contributed by atoms with van der Waals surface area (Å²) < 4.78 is 1.11. The molecule has 0 bridgehead atoms. The summed E-state index contributed by atoms with van der Waals surface area (Å²) in [5.74, 6) is 0.760. The monoisotopic (exact) mass is 295 g/mol. The van der Waals surface area contributed by atoms with Crippen molar-refractivity contribution >= 4 is 27.3 Å². The maximum atomic E-state index is 3.61. The van der Waals surface area contributed by atoms with Crippen LogP contribution in [0.5, 0.6) is 0 Å². The minimum absolute atomic E-state index is 0.0755. The second-order valence-corrected chi connectivity index (χ2v) is 6.36. The van der Waals surface area contributed by atoms with Crippen LogP contribution in [-0.2, 0) is 0 Å². The summed E-state index contributed by atoms with van der Waals surface area (Å²) in [5.41, 5.74) is 2.30. The van der Waals surface area contributed by atoms with Gasteiger partial charge in [-0.25, -0.2) is 0 Å². The minimum Gasteiger partial charge on any atom is -0.360 e. The Morgan fingerprint density at radius 2 is 2.06 bits per heavy atom. The van der Waals surface area contributed by atoms with E-state index in [9.17, 15) is 0 Å². The van der Waals surface area contributed by atoms with Crippen LogP contribution in [0.2, 0.25) is 0 Å². The first kappa shape index (κ1) is 11.4. The third-order valence-corrected chi connectivity index (χ3v) is 4.31. The summed E-state index contributed by atoms with van der Waals surface area (Å²) in [6, 6.07) is 6.80. The van der Waals surface area contributed by atoms with Gasteiger partial charge in [0.25, 0.3) is 0 Å². The molecule has 3 rings (SSSR count). The van der Waals surface area contributed by atoms with Crippen molar-refractivity contribution in [1.29, 1.82) is 0 Å². The van der Waals surface area contributed by atoms with Gasteiger partial charge in [0.15, 0.2) is 0 Å². The van der Waals surface area contributed by atoms with Crippen LogP contribution in [-0.4, -0.2) is 18.2 Å². The number of benzene rings is 1. The van der Waals surface area contributed by atoms with E-state index in [4.69, 9.17) is 0 Å². The van der Waals surface area contributed by atoms with Crippen LogP contribution in [0.15, 0.2) is 22.7 Å². The number of fused-ring (bicyclic) bond motifs is 1. The molecule has 0 aromatic heterocycles. The predicted octanol–water partition coefficient (Wildman–Crippen LogP) is 3.00. The molecule has 1 fully saturated rings. The Bertz CT molecular complexity index is 448. The first-order valence-corrected chi connectivity index (χ1v) is 6.95. The normalized spacial score (nSPS) is 35.2. The van der Waals surface area contributed by atoms with Gasteiger partial charge in [0.05, 0.1) is 11.4 Å². The molecule has 2 aliphatic rings. The molecule has 0 spiro atoms. The lowest BCUT2D eigenvalue weighted by molar-refractivity contribution is 0.422. The molecular weight excluding hydrogens is 278 g/mol. The molecule has 2 heterocycles. The fourth-order valence-electron chi connectivity index (χ4n) is 2.85. The highest BCUT2D eigenvalue weighted by atomic mass is 79.9. The fourth-order valence-corrected chi connectivity index (χ4v) is 3.21. The van der Waals surface area contributed by atoms with E-state index in [0.29, 0.717) is 6.04 Å². The maximum Gasteiger partial charge on any atom is 0.121 e. The van der Waals surface area contributed by atoms with E-state index in [1.54, 1.807) is 0 Å². The van der Waals surface area contributed by atoms with Crippen LogP contribution in [0, 0.1) is 5.92 Å². The number of nitrogens with one attached hydrogen (secondary N) is 3. The average Bonchev–Trinajstić information content (AvgIpc) is 2.82. The SMILES string of the molecule is CC1CN[C@H](C2(C)Nc3ccc(Br)cc3N2)C1. The molecule has 92 valence electrons. The van der Waals surface area contributed by atoms with Crippen LogP contribution in [0.4, 0.5) is 11.4 Å². The van der Waals surface area contributed by atoms with Crippen molar-refractivity contribution in [3.8, 4) is 0 Å². The van der Waals surface area contributed by atoms with Crippen molar-refractivity contribution in [3.63, 3.8) is 0 Å². The van der Waals surface area contributed by atoms with E-state index < -0.39 is 0 Å². The van der Waals surface area contributed by atoms with Gasteiger partial charge in [-0.1, -0.05) is 22.9 Å². The summed E-state index contributed by atoms with van der Waals surface area (Å²) in [4.78, 5) is 0. The molecule has 0 radical (unpaired) electrons. The zero-order valence-electron chi connectivity index (χ0n) is 10.2. The quantitative estimate of drug-likeness (QED) is 0.745. The van der Waals surface area contributed by atoms with Crippen molar-refractivity contribution in [3.05, 3.63) is 22.7 Å². The van der Waals surface area contributed by atoms with Gasteiger partial charge < -0.3 is 16.0 Å². The first-order chi connectivity index (χ1) is 8.07. The van der Waals surface area contributed by atoms with E-state index in [1.165, 1.54) is 17.8 Å². The van der Waals surface area contributed by atoms with Crippen molar-refractivity contribution in [1.82, 2.24) is 5.32 Å². The second-order valence-electron chi connectivity index (χ2n) is 5.44. The summed E-state index contributed by atoms with van der Waals surface area (Å²) in [6.07, 6.45) is 1.21. The minimum atomic E-state index is -0.0755. The Kier molecular flexibility index (Phi) is 2.60. The van der Waals surface area contributed by atoms with E-state index in [1.807, 2.05) is 0 Å². The molecule has 2 unspecified atom stereocenters. The molecule has 4 heteroatoms. The third-order valence-electron chi connectivity index (χ3n) is 3.82. The Hall–Kier alpha value is -0.740. The number of halogens is 1. The molecule has 1 saturated heterocycles. The van der Waals surface area contributed by atoms with E-state index in [2.05, 4.69) is 63.9 Å². The Labute approximate surface area is 110 Å². The highest BCUT2D eigenvalue weighted by molar-refractivity contribution is 9.10. The Morgan fingerprint density at radius 3 is 2.76 bits per heavy atom. The topological polar surface area (TPSA) is 36.1 Å². The maximum absolute atomic E-state index is 3.61. The largest absolute Gasteiger partial charge is 0.360 e. The van der Waals surface area contributed by atoms with Gasteiger partial charge in [-0.2, -0.15) is 0 Å². The van der Waals surface area contributed by atoms with Crippen molar-refractivity contribution in [2.75, 3.05) is 17.2 Å². The average molecular weight is 296 g/mol. The van der Waals surface area contributed by atoms with Crippen molar-refractivity contribution in [2.24, 2.45) is 5.92 Å². The lowest BCUT2D eigenvalue weighted by atomic mass is 9.98. The van der Waals surface area contributed by atoms with E-state index in [0.717, 1.165) is 16.9 Å². The fraction of sp³-hybridized carbons (Fsp3) is 0.538. The molecule has 3 atom stereocenters. The molecule has 1 aromatic rings. The zero-order valence-corrected chi connectivity index (χ0v) is 11.8. The van der Waals surface area contributed by atoms with Gasteiger partial charge in [-0.05, 0) is 44.0 Å². The van der Waals surface area contributed by atoms with Gasteiger partial charge in [0, 0.05) is 10.5 Å². The van der Waals surface area contributed by atoms with E-state index in [-0.39, 0.29) is 5.66 Å². The van der Waals surface area contributed by atoms with E-state index >= 15 is 0 Å². The molecule has 3 N–H and O–H groups in total. The third kappa shape index (κ3) is 1.93. The zero-order chi connectivity index (χ0) is 12.0. The van der Waals surface area contributed by atoms with Gasteiger partial charge in [-0.3, -0.25) is 0 Å². The predicted molar refractivity (Wildman–Crippen MR) is 75.4 cm³/mol. The summed E-state index contributed by atoms with van der Waals surface area (Å²) in [5, 5.41) is 10.8. The number of rotatable bonds is 1. The second kappa shape index (κ2) is 3.89. The number of anilines is 2. The highest BCUT2D eigenvalue weighted by Gasteiger charge is 2.41. The first-order valence-electron chi connectivity index (χ1n) is 6.16. The molecule has 1 aromatic carbocycles. The van der Waals surface area contributed by atoms with Gasteiger partial charge in [0.1, 0.15) is 5.66 Å². The standard InChI is InChI=1S/C13H18BrN3/c1-8-5-12(15-7-8)13(2)16-10-4-3-9(14)6-11(10)17-13/h3-4,6,8,12,15-17H,5,7H2,1-2H3/t8?,12-,13?/m0/s1. The van der Waals surface area contributed by atoms with Gasteiger partial charge >= 0.3 is 0 Å².